The first-order chi connectivity index (χ1) is 4.61. The summed E-state index contributed by atoms with van der Waals surface area (Å²) in [6.07, 6.45) is 1.97. The molecule has 1 aliphatic rings. The van der Waals surface area contributed by atoms with Crippen LogP contribution in [0.4, 0.5) is 0 Å². The maximum atomic E-state index is 10.4. The van der Waals surface area contributed by atoms with Crippen molar-refractivity contribution in [2.45, 2.75) is 26.7 Å². The van der Waals surface area contributed by atoms with Crippen molar-refractivity contribution in [2.24, 2.45) is 5.92 Å². The molecule has 0 saturated heterocycles. The molecule has 0 unspecified atom stereocenters. The molecular weight excluding hydrogens is 128 g/mol. The zero-order valence-corrected chi connectivity index (χ0v) is 6.35. The second-order valence-corrected chi connectivity index (χ2v) is 3.05. The maximum absolute atomic E-state index is 10.4. The largest absolute Gasteiger partial charge is 0.478 e. The number of rotatable bonds is 1. The molecular formula is C8H12O2. The first kappa shape index (κ1) is 7.32. The molecule has 1 fully saturated rings. The van der Waals surface area contributed by atoms with E-state index < -0.39 is 5.97 Å². The van der Waals surface area contributed by atoms with Crippen LogP contribution in [0, 0.1) is 5.92 Å². The van der Waals surface area contributed by atoms with E-state index in [4.69, 9.17) is 5.11 Å². The van der Waals surface area contributed by atoms with E-state index in [-0.39, 0.29) is 0 Å². The highest BCUT2D eigenvalue weighted by Gasteiger charge is 2.22. The van der Waals surface area contributed by atoms with E-state index in [2.05, 4.69) is 6.92 Å². The minimum atomic E-state index is -0.762. The highest BCUT2D eigenvalue weighted by Crippen LogP contribution is 2.34. The minimum absolute atomic E-state index is 0.554. The number of hydrogen-bond donors (Lipinski definition) is 1. The van der Waals surface area contributed by atoms with Crippen LogP contribution in [-0.2, 0) is 4.79 Å². The average Bonchev–Trinajstić information content (AvgIpc) is 1.79. The van der Waals surface area contributed by atoms with Gasteiger partial charge in [0.25, 0.3) is 0 Å². The van der Waals surface area contributed by atoms with Crippen LogP contribution in [0.3, 0.4) is 0 Å². The molecule has 1 rings (SSSR count). The molecule has 0 aliphatic heterocycles. The molecule has 0 aromatic carbocycles. The summed E-state index contributed by atoms with van der Waals surface area (Å²) in [6, 6.07) is 0. The van der Waals surface area contributed by atoms with Crippen LogP contribution in [0.5, 0.6) is 0 Å². The fraction of sp³-hybridized carbons (Fsp3) is 0.625. The zero-order chi connectivity index (χ0) is 7.72. The van der Waals surface area contributed by atoms with Gasteiger partial charge in [-0.3, -0.25) is 0 Å². The lowest BCUT2D eigenvalue weighted by molar-refractivity contribution is -0.132. The van der Waals surface area contributed by atoms with E-state index in [0.717, 1.165) is 18.4 Å². The number of allylic oxidation sites excluding steroid dienone is 1. The van der Waals surface area contributed by atoms with Gasteiger partial charge < -0.3 is 5.11 Å². The quantitative estimate of drug-likeness (QED) is 0.564. The zero-order valence-electron chi connectivity index (χ0n) is 6.35. The molecule has 0 amide bonds. The Balaban J connectivity index is 2.62. The van der Waals surface area contributed by atoms with Gasteiger partial charge in [-0.2, -0.15) is 0 Å². The molecule has 56 valence electrons. The summed E-state index contributed by atoms with van der Waals surface area (Å²) in [7, 11) is 0. The van der Waals surface area contributed by atoms with Crippen molar-refractivity contribution < 1.29 is 9.90 Å². The lowest BCUT2D eigenvalue weighted by atomic mass is 9.79. The summed E-state index contributed by atoms with van der Waals surface area (Å²) < 4.78 is 0. The van der Waals surface area contributed by atoms with Gasteiger partial charge in [0.2, 0.25) is 0 Å². The molecule has 2 heteroatoms. The number of aliphatic carboxylic acids is 1. The number of carbonyl (C=O) groups is 1. The van der Waals surface area contributed by atoms with Crippen LogP contribution in [0.2, 0.25) is 0 Å². The van der Waals surface area contributed by atoms with Crippen LogP contribution in [0.15, 0.2) is 11.1 Å². The monoisotopic (exact) mass is 140 g/mol. The summed E-state index contributed by atoms with van der Waals surface area (Å²) in [5.74, 6) is -0.0637. The Morgan fingerprint density at radius 3 is 2.40 bits per heavy atom. The van der Waals surface area contributed by atoms with Crippen molar-refractivity contribution >= 4 is 5.97 Å². The van der Waals surface area contributed by atoms with Gasteiger partial charge in [0.1, 0.15) is 0 Å². The molecule has 0 bridgehead atoms. The third-order valence-electron chi connectivity index (χ3n) is 2.04. The summed E-state index contributed by atoms with van der Waals surface area (Å²) in [5.41, 5.74) is 1.68. The Labute approximate surface area is 60.6 Å². The lowest BCUT2D eigenvalue weighted by Gasteiger charge is -2.26. The molecule has 0 spiro atoms. The third kappa shape index (κ3) is 1.20. The van der Waals surface area contributed by atoms with Crippen molar-refractivity contribution in [3.05, 3.63) is 11.1 Å². The predicted molar refractivity (Wildman–Crippen MR) is 38.7 cm³/mol. The van der Waals surface area contributed by atoms with E-state index in [1.807, 2.05) is 0 Å². The van der Waals surface area contributed by atoms with Gasteiger partial charge in [-0.05, 0) is 25.7 Å². The Morgan fingerprint density at radius 1 is 1.60 bits per heavy atom. The normalized spacial score (nSPS) is 23.8. The van der Waals surface area contributed by atoms with Crippen LogP contribution in [0.25, 0.3) is 0 Å². The fourth-order valence-electron chi connectivity index (χ4n) is 1.24. The Morgan fingerprint density at radius 2 is 2.10 bits per heavy atom. The summed E-state index contributed by atoms with van der Waals surface area (Å²) >= 11 is 0. The number of carboxylic acids is 1. The first-order valence-corrected chi connectivity index (χ1v) is 3.53. The summed E-state index contributed by atoms with van der Waals surface area (Å²) in [6.45, 7) is 3.82. The fourth-order valence-corrected chi connectivity index (χ4v) is 1.24. The van der Waals surface area contributed by atoms with Crippen LogP contribution in [0.1, 0.15) is 26.7 Å². The SMILES string of the molecule is CC(C(=O)O)=C1CC(C)C1. The minimum Gasteiger partial charge on any atom is -0.478 e. The number of carboxylic acid groups (broad SMARTS) is 1. The van der Waals surface area contributed by atoms with Crippen molar-refractivity contribution in [1.82, 2.24) is 0 Å². The van der Waals surface area contributed by atoms with Crippen molar-refractivity contribution in [3.8, 4) is 0 Å². The Kier molecular flexibility index (Phi) is 1.79. The van der Waals surface area contributed by atoms with Gasteiger partial charge in [0, 0.05) is 5.57 Å². The Bertz CT molecular complexity index is 183. The van der Waals surface area contributed by atoms with Gasteiger partial charge in [-0.1, -0.05) is 12.5 Å². The molecule has 10 heavy (non-hydrogen) atoms. The molecule has 1 saturated carbocycles. The molecule has 2 nitrogen and oxygen atoms in total. The van der Waals surface area contributed by atoms with Gasteiger partial charge in [0.15, 0.2) is 0 Å². The molecule has 0 aromatic rings. The van der Waals surface area contributed by atoms with E-state index in [9.17, 15) is 4.79 Å². The molecule has 0 radical (unpaired) electrons. The standard InChI is InChI=1S/C8H12O2/c1-5-3-7(4-5)6(2)8(9)10/h5H,3-4H2,1-2H3,(H,9,10). The van der Waals surface area contributed by atoms with Crippen LogP contribution < -0.4 is 0 Å². The van der Waals surface area contributed by atoms with Crippen LogP contribution in [-0.4, -0.2) is 11.1 Å². The van der Waals surface area contributed by atoms with Gasteiger partial charge >= 0.3 is 5.97 Å². The smallest absolute Gasteiger partial charge is 0.331 e. The average molecular weight is 140 g/mol. The highest BCUT2D eigenvalue weighted by atomic mass is 16.4. The highest BCUT2D eigenvalue weighted by molar-refractivity contribution is 5.87. The second-order valence-electron chi connectivity index (χ2n) is 3.05. The summed E-state index contributed by atoms with van der Waals surface area (Å²) in [5, 5.41) is 8.55. The van der Waals surface area contributed by atoms with Crippen molar-refractivity contribution in [3.63, 3.8) is 0 Å². The first-order valence-electron chi connectivity index (χ1n) is 3.53. The molecule has 0 aromatic heterocycles. The third-order valence-corrected chi connectivity index (χ3v) is 2.04. The predicted octanol–water partition coefficient (Wildman–Crippen LogP) is 1.82. The molecule has 1 aliphatic carbocycles. The van der Waals surface area contributed by atoms with E-state index in [1.54, 1.807) is 6.92 Å². The lowest BCUT2D eigenvalue weighted by Crippen LogP contribution is -2.15. The molecule has 0 atom stereocenters. The van der Waals surface area contributed by atoms with E-state index in [1.165, 1.54) is 0 Å². The van der Waals surface area contributed by atoms with Gasteiger partial charge in [0.05, 0.1) is 0 Å². The van der Waals surface area contributed by atoms with E-state index in [0.29, 0.717) is 11.5 Å². The van der Waals surface area contributed by atoms with Crippen LogP contribution >= 0.6 is 0 Å². The topological polar surface area (TPSA) is 37.3 Å². The van der Waals surface area contributed by atoms with Gasteiger partial charge in [-0.25, -0.2) is 4.79 Å². The second kappa shape index (κ2) is 2.45. The van der Waals surface area contributed by atoms with Gasteiger partial charge in [-0.15, -0.1) is 0 Å². The number of hydrogen-bond acceptors (Lipinski definition) is 1. The van der Waals surface area contributed by atoms with Crippen molar-refractivity contribution in [2.75, 3.05) is 0 Å². The van der Waals surface area contributed by atoms with E-state index >= 15 is 0 Å². The maximum Gasteiger partial charge on any atom is 0.331 e. The summed E-state index contributed by atoms with van der Waals surface area (Å²) in [4.78, 5) is 10.4. The van der Waals surface area contributed by atoms with Crippen molar-refractivity contribution in [1.29, 1.82) is 0 Å². The molecule has 0 heterocycles. The molecule has 1 N–H and O–H groups in total. The Hall–Kier alpha value is -0.790.